The number of halogens is 2. The summed E-state index contributed by atoms with van der Waals surface area (Å²) in [5.41, 5.74) is 1.11. The second-order valence-electron chi connectivity index (χ2n) is 4.52. The van der Waals surface area contributed by atoms with E-state index in [0.717, 1.165) is 12.1 Å². The molecule has 0 radical (unpaired) electrons. The third kappa shape index (κ3) is 3.54. The largest absolute Gasteiger partial charge is 0.308 e. The zero-order valence-corrected chi connectivity index (χ0v) is 10.8. The van der Waals surface area contributed by atoms with Gasteiger partial charge in [-0.3, -0.25) is 0 Å². The molecule has 0 aliphatic carbocycles. The van der Waals surface area contributed by atoms with Crippen LogP contribution in [0.4, 0.5) is 8.78 Å². The van der Waals surface area contributed by atoms with Gasteiger partial charge < -0.3 is 5.32 Å². The lowest BCUT2D eigenvalue weighted by molar-refractivity contribution is 0.509. The summed E-state index contributed by atoms with van der Waals surface area (Å²) >= 11 is 0. The summed E-state index contributed by atoms with van der Waals surface area (Å²) in [5.74, 6) is -1.12. The van der Waals surface area contributed by atoms with Crippen molar-refractivity contribution in [1.29, 1.82) is 0 Å². The lowest BCUT2D eigenvalue weighted by atomic mass is 10.1. The first-order valence-corrected chi connectivity index (χ1v) is 6.07. The zero-order valence-electron chi connectivity index (χ0n) is 10.8. The van der Waals surface area contributed by atoms with E-state index in [1.807, 2.05) is 13.8 Å². The fourth-order valence-corrected chi connectivity index (χ4v) is 1.60. The van der Waals surface area contributed by atoms with E-state index in [4.69, 9.17) is 0 Å². The van der Waals surface area contributed by atoms with E-state index in [9.17, 15) is 8.78 Å². The Kier molecular flexibility index (Phi) is 4.16. The molecule has 0 aliphatic rings. The van der Waals surface area contributed by atoms with E-state index in [-0.39, 0.29) is 0 Å². The van der Waals surface area contributed by atoms with Gasteiger partial charge in [0.15, 0.2) is 11.6 Å². The van der Waals surface area contributed by atoms with E-state index in [2.05, 4.69) is 15.3 Å². The molecule has 3 nitrogen and oxygen atoms in total. The van der Waals surface area contributed by atoms with E-state index < -0.39 is 11.6 Å². The number of rotatable bonds is 4. The van der Waals surface area contributed by atoms with Gasteiger partial charge in [0.25, 0.3) is 0 Å². The van der Waals surface area contributed by atoms with Crippen molar-refractivity contribution in [2.75, 3.05) is 0 Å². The first-order valence-electron chi connectivity index (χ1n) is 6.07. The molecular weight excluding hydrogens is 248 g/mol. The molecule has 0 fully saturated rings. The Bertz CT molecular complexity index is 570. The predicted molar refractivity (Wildman–Crippen MR) is 69.4 cm³/mol. The monoisotopic (exact) mass is 263 g/mol. The fraction of sp³-hybridized carbons (Fsp3) is 0.286. The van der Waals surface area contributed by atoms with Crippen LogP contribution in [0.3, 0.4) is 0 Å². The van der Waals surface area contributed by atoms with Crippen molar-refractivity contribution in [2.24, 2.45) is 0 Å². The van der Waals surface area contributed by atoms with Gasteiger partial charge in [0.2, 0.25) is 0 Å². The highest BCUT2D eigenvalue weighted by Crippen LogP contribution is 2.19. The Labute approximate surface area is 110 Å². The summed E-state index contributed by atoms with van der Waals surface area (Å²) in [7, 11) is 0. The Hall–Kier alpha value is -1.88. The minimum absolute atomic E-state index is 0.329. The SMILES string of the molecule is CC(C)NCc1nccc(-c2ccc(F)c(F)c2)n1. The van der Waals surface area contributed by atoms with Gasteiger partial charge in [0.05, 0.1) is 12.2 Å². The molecule has 0 spiro atoms. The van der Waals surface area contributed by atoms with Gasteiger partial charge in [-0.1, -0.05) is 13.8 Å². The number of nitrogens with one attached hydrogen (secondary N) is 1. The van der Waals surface area contributed by atoms with Crippen LogP contribution in [0.1, 0.15) is 19.7 Å². The summed E-state index contributed by atoms with van der Waals surface area (Å²) in [6.45, 7) is 4.59. The minimum Gasteiger partial charge on any atom is -0.308 e. The Morgan fingerprint density at radius 3 is 2.63 bits per heavy atom. The van der Waals surface area contributed by atoms with E-state index in [1.165, 1.54) is 6.07 Å². The van der Waals surface area contributed by atoms with Gasteiger partial charge in [-0.2, -0.15) is 0 Å². The molecule has 0 atom stereocenters. The highest BCUT2D eigenvalue weighted by Gasteiger charge is 2.07. The van der Waals surface area contributed by atoms with Crippen LogP contribution in [-0.2, 0) is 6.54 Å². The van der Waals surface area contributed by atoms with Crippen molar-refractivity contribution in [3.05, 3.63) is 47.9 Å². The highest BCUT2D eigenvalue weighted by atomic mass is 19.2. The van der Waals surface area contributed by atoms with E-state index in [0.29, 0.717) is 29.7 Å². The van der Waals surface area contributed by atoms with Crippen LogP contribution in [-0.4, -0.2) is 16.0 Å². The van der Waals surface area contributed by atoms with Crippen LogP contribution in [0, 0.1) is 11.6 Å². The average Bonchev–Trinajstić information content (AvgIpc) is 2.40. The molecule has 2 aromatic rings. The Morgan fingerprint density at radius 1 is 1.16 bits per heavy atom. The second kappa shape index (κ2) is 5.84. The quantitative estimate of drug-likeness (QED) is 0.921. The third-order valence-electron chi connectivity index (χ3n) is 2.59. The average molecular weight is 263 g/mol. The summed E-state index contributed by atoms with van der Waals surface area (Å²) in [6, 6.07) is 5.73. The van der Waals surface area contributed by atoms with Crippen LogP contribution in [0.2, 0.25) is 0 Å². The van der Waals surface area contributed by atoms with Crippen LogP contribution in [0.15, 0.2) is 30.5 Å². The number of hydrogen-bond donors (Lipinski definition) is 1. The van der Waals surface area contributed by atoms with Gasteiger partial charge in [-0.25, -0.2) is 18.7 Å². The van der Waals surface area contributed by atoms with Crippen LogP contribution in [0.5, 0.6) is 0 Å². The maximum Gasteiger partial charge on any atom is 0.159 e. The van der Waals surface area contributed by atoms with Crippen LogP contribution < -0.4 is 5.32 Å². The second-order valence-corrected chi connectivity index (χ2v) is 4.52. The van der Waals surface area contributed by atoms with Gasteiger partial charge in [0, 0.05) is 17.8 Å². The number of benzene rings is 1. The van der Waals surface area contributed by atoms with Crippen molar-refractivity contribution < 1.29 is 8.78 Å². The smallest absolute Gasteiger partial charge is 0.159 e. The van der Waals surface area contributed by atoms with Gasteiger partial charge in [-0.05, 0) is 24.3 Å². The molecule has 5 heteroatoms. The standard InChI is InChI=1S/C14H15F2N3/c1-9(2)18-8-14-17-6-5-13(19-14)10-3-4-11(15)12(16)7-10/h3-7,9,18H,8H2,1-2H3. The molecule has 0 amide bonds. The number of hydrogen-bond acceptors (Lipinski definition) is 3. The molecule has 1 aromatic heterocycles. The molecule has 1 aromatic carbocycles. The summed E-state index contributed by atoms with van der Waals surface area (Å²) < 4.78 is 26.1. The molecule has 0 unspecified atom stereocenters. The van der Waals surface area contributed by atoms with Gasteiger partial charge >= 0.3 is 0 Å². The van der Waals surface area contributed by atoms with Crippen molar-refractivity contribution >= 4 is 0 Å². The molecule has 100 valence electrons. The number of nitrogens with zero attached hydrogens (tertiary/aromatic N) is 2. The minimum atomic E-state index is -0.877. The van der Waals surface area contributed by atoms with Crippen molar-refractivity contribution in [1.82, 2.24) is 15.3 Å². The fourth-order valence-electron chi connectivity index (χ4n) is 1.60. The molecule has 0 saturated carbocycles. The molecule has 2 rings (SSSR count). The van der Waals surface area contributed by atoms with E-state index >= 15 is 0 Å². The maximum atomic E-state index is 13.2. The zero-order chi connectivity index (χ0) is 13.8. The van der Waals surface area contributed by atoms with Crippen molar-refractivity contribution in [2.45, 2.75) is 26.4 Å². The maximum absolute atomic E-state index is 13.2. The van der Waals surface area contributed by atoms with Crippen LogP contribution in [0.25, 0.3) is 11.3 Å². The summed E-state index contributed by atoms with van der Waals surface area (Å²) in [4.78, 5) is 8.46. The molecular formula is C14H15F2N3. The van der Waals surface area contributed by atoms with Gasteiger partial charge in [-0.15, -0.1) is 0 Å². The normalized spacial score (nSPS) is 11.0. The lowest BCUT2D eigenvalue weighted by Crippen LogP contribution is -2.23. The Balaban J connectivity index is 2.24. The van der Waals surface area contributed by atoms with Crippen molar-refractivity contribution in [3.63, 3.8) is 0 Å². The highest BCUT2D eigenvalue weighted by molar-refractivity contribution is 5.58. The first-order chi connectivity index (χ1) is 9.06. The molecule has 1 heterocycles. The predicted octanol–water partition coefficient (Wildman–Crippen LogP) is 2.92. The Morgan fingerprint density at radius 2 is 1.95 bits per heavy atom. The first kappa shape index (κ1) is 13.5. The molecule has 0 bridgehead atoms. The van der Waals surface area contributed by atoms with E-state index in [1.54, 1.807) is 12.3 Å². The third-order valence-corrected chi connectivity index (χ3v) is 2.59. The number of aromatic nitrogens is 2. The lowest BCUT2D eigenvalue weighted by Gasteiger charge is -2.08. The van der Waals surface area contributed by atoms with Crippen molar-refractivity contribution in [3.8, 4) is 11.3 Å². The molecule has 0 saturated heterocycles. The topological polar surface area (TPSA) is 37.8 Å². The molecule has 0 aliphatic heterocycles. The van der Waals surface area contributed by atoms with Crippen LogP contribution >= 0.6 is 0 Å². The van der Waals surface area contributed by atoms with Gasteiger partial charge in [0.1, 0.15) is 5.82 Å². The summed E-state index contributed by atoms with van der Waals surface area (Å²) in [5, 5.41) is 3.20. The molecule has 1 N–H and O–H groups in total. The summed E-state index contributed by atoms with van der Waals surface area (Å²) in [6.07, 6.45) is 1.61. The molecule has 19 heavy (non-hydrogen) atoms.